The summed E-state index contributed by atoms with van der Waals surface area (Å²) < 4.78 is 5.21. The summed E-state index contributed by atoms with van der Waals surface area (Å²) in [6.45, 7) is 2.87. The molecule has 110 valence electrons. The Labute approximate surface area is 121 Å². The molecule has 0 spiro atoms. The van der Waals surface area contributed by atoms with Gasteiger partial charge in [0.15, 0.2) is 0 Å². The van der Waals surface area contributed by atoms with Crippen LogP contribution in [-0.2, 0) is 14.3 Å². The first-order valence-electron chi connectivity index (χ1n) is 6.67. The van der Waals surface area contributed by atoms with Crippen LogP contribution in [0.15, 0.2) is 17.5 Å². The fraction of sp³-hybridized carbons (Fsp3) is 0.571. The molecule has 1 fully saturated rings. The summed E-state index contributed by atoms with van der Waals surface area (Å²) in [5, 5.41) is 14.1. The molecule has 0 aliphatic carbocycles. The summed E-state index contributed by atoms with van der Waals surface area (Å²) in [7, 11) is 0. The maximum atomic E-state index is 12.1. The van der Waals surface area contributed by atoms with Crippen molar-refractivity contribution in [2.45, 2.75) is 25.7 Å². The minimum atomic E-state index is -0.886. The normalized spacial score (nSPS) is 19.2. The van der Waals surface area contributed by atoms with Crippen molar-refractivity contribution in [2.75, 3.05) is 19.8 Å². The van der Waals surface area contributed by atoms with E-state index in [-0.39, 0.29) is 18.4 Å². The molecular weight excluding hydrogens is 278 g/mol. The number of carboxylic acid groups (broad SMARTS) is 1. The molecule has 1 amide bonds. The van der Waals surface area contributed by atoms with Crippen LogP contribution in [0.1, 0.15) is 30.6 Å². The predicted octanol–water partition coefficient (Wildman–Crippen LogP) is 1.85. The number of carbonyl (C=O) groups excluding carboxylic acids is 1. The molecule has 2 N–H and O–H groups in total. The van der Waals surface area contributed by atoms with Gasteiger partial charge >= 0.3 is 5.97 Å². The van der Waals surface area contributed by atoms with E-state index in [9.17, 15) is 14.7 Å². The molecule has 1 aromatic rings. The monoisotopic (exact) mass is 297 g/mol. The first-order chi connectivity index (χ1) is 9.55. The van der Waals surface area contributed by atoms with Crippen LogP contribution in [0.25, 0.3) is 0 Å². The van der Waals surface area contributed by atoms with Gasteiger partial charge in [-0.3, -0.25) is 9.59 Å². The molecule has 1 aliphatic heterocycles. The van der Waals surface area contributed by atoms with E-state index in [1.807, 2.05) is 24.4 Å². The van der Waals surface area contributed by atoms with Gasteiger partial charge in [0.05, 0.1) is 11.3 Å². The van der Waals surface area contributed by atoms with Crippen LogP contribution in [0.5, 0.6) is 0 Å². The lowest BCUT2D eigenvalue weighted by atomic mass is 9.80. The first-order valence-corrected chi connectivity index (χ1v) is 7.55. The van der Waals surface area contributed by atoms with Gasteiger partial charge in [0.25, 0.3) is 0 Å². The first kappa shape index (κ1) is 15.0. The molecule has 0 aromatic carbocycles. The number of rotatable bonds is 5. The largest absolute Gasteiger partial charge is 0.481 e. The third kappa shape index (κ3) is 3.19. The summed E-state index contributed by atoms with van der Waals surface area (Å²) in [4.78, 5) is 24.6. The zero-order valence-electron chi connectivity index (χ0n) is 11.4. The van der Waals surface area contributed by atoms with Crippen LogP contribution in [0, 0.1) is 5.41 Å². The van der Waals surface area contributed by atoms with Gasteiger partial charge in [-0.1, -0.05) is 6.07 Å². The Morgan fingerprint density at radius 1 is 1.50 bits per heavy atom. The van der Waals surface area contributed by atoms with E-state index in [0.717, 1.165) is 4.88 Å². The topological polar surface area (TPSA) is 75.6 Å². The number of ether oxygens (including phenoxy) is 1. The van der Waals surface area contributed by atoms with Gasteiger partial charge in [0, 0.05) is 24.6 Å². The standard InChI is InChI=1S/C14H19NO4S/c1-10(11-3-2-8-20-11)12(16)15-9-14(13(17)18)4-6-19-7-5-14/h2-3,8,10H,4-7,9H2,1H3,(H,15,16)(H,17,18). The third-order valence-electron chi connectivity index (χ3n) is 3.87. The molecule has 1 atom stereocenters. The highest BCUT2D eigenvalue weighted by atomic mass is 32.1. The number of aliphatic carboxylic acids is 1. The lowest BCUT2D eigenvalue weighted by molar-refractivity contribution is -0.154. The van der Waals surface area contributed by atoms with E-state index in [0.29, 0.717) is 26.1 Å². The molecular formula is C14H19NO4S. The van der Waals surface area contributed by atoms with Crippen molar-refractivity contribution >= 4 is 23.2 Å². The average Bonchev–Trinajstić information content (AvgIpc) is 2.99. The van der Waals surface area contributed by atoms with Crippen molar-refractivity contribution in [3.8, 4) is 0 Å². The van der Waals surface area contributed by atoms with E-state index in [2.05, 4.69) is 5.32 Å². The van der Waals surface area contributed by atoms with Gasteiger partial charge in [0.2, 0.25) is 5.91 Å². The van der Waals surface area contributed by atoms with Crippen molar-refractivity contribution in [3.05, 3.63) is 22.4 Å². The van der Waals surface area contributed by atoms with Crippen LogP contribution >= 0.6 is 11.3 Å². The van der Waals surface area contributed by atoms with E-state index in [1.54, 1.807) is 0 Å². The summed E-state index contributed by atoms with van der Waals surface area (Å²) in [5.74, 6) is -1.23. The highest BCUT2D eigenvalue weighted by Crippen LogP contribution is 2.30. The van der Waals surface area contributed by atoms with Gasteiger partial charge in [0.1, 0.15) is 0 Å². The molecule has 1 unspecified atom stereocenters. The van der Waals surface area contributed by atoms with Crippen LogP contribution in [0.3, 0.4) is 0 Å². The molecule has 6 heteroatoms. The minimum absolute atomic E-state index is 0.125. The second-order valence-corrected chi connectivity index (χ2v) is 6.13. The fourth-order valence-corrected chi connectivity index (χ4v) is 3.09. The Balaban J connectivity index is 1.95. The van der Waals surface area contributed by atoms with E-state index >= 15 is 0 Å². The van der Waals surface area contributed by atoms with E-state index in [1.165, 1.54) is 11.3 Å². The highest BCUT2D eigenvalue weighted by molar-refractivity contribution is 7.10. The van der Waals surface area contributed by atoms with Crippen LogP contribution in [0.2, 0.25) is 0 Å². The molecule has 5 nitrogen and oxygen atoms in total. The molecule has 1 saturated heterocycles. The molecule has 1 aliphatic rings. The zero-order chi connectivity index (χ0) is 14.6. The second-order valence-electron chi connectivity index (χ2n) is 5.15. The van der Waals surface area contributed by atoms with E-state index < -0.39 is 11.4 Å². The Hall–Kier alpha value is -1.40. The summed E-state index contributed by atoms with van der Waals surface area (Å²) in [5.41, 5.74) is -0.886. The number of carboxylic acids is 1. The molecule has 2 heterocycles. The van der Waals surface area contributed by atoms with Crippen molar-refractivity contribution < 1.29 is 19.4 Å². The van der Waals surface area contributed by atoms with Crippen LogP contribution < -0.4 is 5.32 Å². The summed E-state index contributed by atoms with van der Waals surface area (Å²) in [6.07, 6.45) is 0.881. The molecule has 0 saturated carbocycles. The van der Waals surface area contributed by atoms with Crippen LogP contribution in [0.4, 0.5) is 0 Å². The number of hydrogen-bond donors (Lipinski definition) is 2. The van der Waals surface area contributed by atoms with Crippen molar-refractivity contribution in [1.29, 1.82) is 0 Å². The quantitative estimate of drug-likeness (QED) is 0.869. The third-order valence-corrected chi connectivity index (χ3v) is 4.92. The molecule has 0 radical (unpaired) electrons. The highest BCUT2D eigenvalue weighted by Gasteiger charge is 2.40. The summed E-state index contributed by atoms with van der Waals surface area (Å²) in [6, 6.07) is 3.82. The lowest BCUT2D eigenvalue weighted by Gasteiger charge is -2.33. The maximum Gasteiger partial charge on any atom is 0.311 e. The summed E-state index contributed by atoms with van der Waals surface area (Å²) >= 11 is 1.53. The molecule has 2 rings (SSSR count). The van der Waals surface area contributed by atoms with Crippen molar-refractivity contribution in [3.63, 3.8) is 0 Å². The maximum absolute atomic E-state index is 12.1. The smallest absolute Gasteiger partial charge is 0.311 e. The number of nitrogens with one attached hydrogen (secondary N) is 1. The molecule has 0 bridgehead atoms. The Morgan fingerprint density at radius 3 is 2.75 bits per heavy atom. The number of thiophene rings is 1. The number of hydrogen-bond acceptors (Lipinski definition) is 4. The predicted molar refractivity (Wildman–Crippen MR) is 75.9 cm³/mol. The van der Waals surface area contributed by atoms with E-state index in [4.69, 9.17) is 4.74 Å². The van der Waals surface area contributed by atoms with Crippen molar-refractivity contribution in [1.82, 2.24) is 5.32 Å². The Bertz CT molecular complexity index is 466. The van der Waals surface area contributed by atoms with Gasteiger partial charge in [-0.15, -0.1) is 11.3 Å². The minimum Gasteiger partial charge on any atom is -0.481 e. The van der Waals surface area contributed by atoms with Crippen LogP contribution in [-0.4, -0.2) is 36.7 Å². The van der Waals surface area contributed by atoms with Gasteiger partial charge in [-0.25, -0.2) is 0 Å². The average molecular weight is 297 g/mol. The molecule has 20 heavy (non-hydrogen) atoms. The Morgan fingerprint density at radius 2 is 2.20 bits per heavy atom. The van der Waals surface area contributed by atoms with Gasteiger partial charge in [-0.05, 0) is 31.2 Å². The number of carbonyl (C=O) groups is 2. The van der Waals surface area contributed by atoms with Crippen molar-refractivity contribution in [2.24, 2.45) is 5.41 Å². The van der Waals surface area contributed by atoms with Gasteiger partial charge in [-0.2, -0.15) is 0 Å². The molecule has 1 aromatic heterocycles. The SMILES string of the molecule is CC(C(=O)NCC1(C(=O)O)CCOCC1)c1cccs1. The zero-order valence-corrected chi connectivity index (χ0v) is 12.2. The Kier molecular flexibility index (Phi) is 4.77. The lowest BCUT2D eigenvalue weighted by Crippen LogP contribution is -2.47. The second kappa shape index (κ2) is 6.37. The fourth-order valence-electron chi connectivity index (χ4n) is 2.30. The van der Waals surface area contributed by atoms with Gasteiger partial charge < -0.3 is 15.2 Å². The number of amides is 1.